The van der Waals surface area contributed by atoms with E-state index < -0.39 is 0 Å². The molecule has 0 unspecified atom stereocenters. The molecule has 0 aromatic carbocycles. The molecule has 0 radical (unpaired) electrons. The minimum absolute atomic E-state index is 0.00826. The summed E-state index contributed by atoms with van der Waals surface area (Å²) in [5.74, 6) is -0.00826. The molecule has 3 rings (SSSR count). The van der Waals surface area contributed by atoms with Crippen molar-refractivity contribution in [2.45, 2.75) is 18.6 Å². The largest absolute Gasteiger partial charge is 0.374 e. The molecule has 3 heterocycles. The quantitative estimate of drug-likeness (QED) is 0.775. The average Bonchev–Trinajstić information content (AvgIpc) is 2.46. The average molecular weight is 340 g/mol. The number of piperidine rings is 1. The standard InChI is InChI=1S/C14H18BrN3O2/c1-17-6-4-12-11(9-17)18(7-8-20-12)14(19)13-10(15)3-2-5-16-13/h2-3,5,11-12H,4,6-9H2,1H3/t11-,12-/m0/s1. The molecule has 2 aliphatic rings. The number of likely N-dealkylation sites (N-methyl/N-ethyl adjacent to an activating group) is 1. The van der Waals surface area contributed by atoms with Crippen LogP contribution in [0.3, 0.4) is 0 Å². The number of amides is 1. The van der Waals surface area contributed by atoms with Crippen molar-refractivity contribution in [1.29, 1.82) is 0 Å². The van der Waals surface area contributed by atoms with E-state index >= 15 is 0 Å². The molecule has 1 aromatic heterocycles. The number of hydrogen-bond acceptors (Lipinski definition) is 4. The van der Waals surface area contributed by atoms with E-state index in [0.29, 0.717) is 18.8 Å². The third kappa shape index (κ3) is 2.60. The number of morpholine rings is 1. The van der Waals surface area contributed by atoms with Crippen LogP contribution < -0.4 is 0 Å². The van der Waals surface area contributed by atoms with E-state index in [9.17, 15) is 4.79 Å². The molecule has 2 atom stereocenters. The van der Waals surface area contributed by atoms with Crippen LogP contribution in [0.4, 0.5) is 0 Å². The highest BCUT2D eigenvalue weighted by molar-refractivity contribution is 9.10. The van der Waals surface area contributed by atoms with Gasteiger partial charge in [-0.3, -0.25) is 4.79 Å². The molecule has 0 aliphatic carbocycles. The third-order valence-corrected chi connectivity index (χ3v) is 4.65. The van der Waals surface area contributed by atoms with Gasteiger partial charge < -0.3 is 14.5 Å². The zero-order valence-corrected chi connectivity index (χ0v) is 13.0. The van der Waals surface area contributed by atoms with E-state index in [2.05, 4.69) is 32.9 Å². The Morgan fingerprint density at radius 1 is 1.50 bits per heavy atom. The second kappa shape index (κ2) is 5.79. The third-order valence-electron chi connectivity index (χ3n) is 4.01. The molecule has 0 saturated carbocycles. The van der Waals surface area contributed by atoms with E-state index in [-0.39, 0.29) is 18.1 Å². The van der Waals surface area contributed by atoms with Crippen LogP contribution in [0.2, 0.25) is 0 Å². The van der Waals surface area contributed by atoms with Crippen LogP contribution in [-0.4, -0.2) is 66.1 Å². The monoisotopic (exact) mass is 339 g/mol. The summed E-state index contributed by atoms with van der Waals surface area (Å²) in [6.45, 7) is 3.13. The molecule has 2 saturated heterocycles. The lowest BCUT2D eigenvalue weighted by Gasteiger charge is -2.46. The van der Waals surface area contributed by atoms with Crippen molar-refractivity contribution < 1.29 is 9.53 Å². The number of pyridine rings is 1. The Balaban J connectivity index is 1.84. The van der Waals surface area contributed by atoms with Gasteiger partial charge in [0.1, 0.15) is 5.69 Å². The molecule has 108 valence electrons. The van der Waals surface area contributed by atoms with Crippen molar-refractivity contribution in [2.75, 3.05) is 33.3 Å². The lowest BCUT2D eigenvalue weighted by atomic mass is 9.98. The van der Waals surface area contributed by atoms with Crippen molar-refractivity contribution >= 4 is 21.8 Å². The predicted octanol–water partition coefficient (Wildman–Crippen LogP) is 1.39. The summed E-state index contributed by atoms with van der Waals surface area (Å²) in [5.41, 5.74) is 0.487. The van der Waals surface area contributed by atoms with Gasteiger partial charge in [-0.2, -0.15) is 0 Å². The Morgan fingerprint density at radius 3 is 3.15 bits per heavy atom. The van der Waals surface area contributed by atoms with Crippen molar-refractivity contribution in [1.82, 2.24) is 14.8 Å². The van der Waals surface area contributed by atoms with Crippen molar-refractivity contribution in [2.24, 2.45) is 0 Å². The van der Waals surface area contributed by atoms with Crippen LogP contribution >= 0.6 is 15.9 Å². The summed E-state index contributed by atoms with van der Waals surface area (Å²) >= 11 is 3.41. The Labute approximate surface area is 127 Å². The van der Waals surface area contributed by atoms with Crippen molar-refractivity contribution in [3.8, 4) is 0 Å². The number of likely N-dealkylation sites (tertiary alicyclic amines) is 1. The fourth-order valence-electron chi connectivity index (χ4n) is 2.96. The Bertz CT molecular complexity index is 511. The first-order chi connectivity index (χ1) is 9.66. The molecule has 0 N–H and O–H groups in total. The minimum atomic E-state index is -0.00826. The zero-order valence-electron chi connectivity index (χ0n) is 11.5. The van der Waals surface area contributed by atoms with Gasteiger partial charge in [0.25, 0.3) is 5.91 Å². The van der Waals surface area contributed by atoms with Gasteiger partial charge in [0.2, 0.25) is 0 Å². The SMILES string of the molecule is CN1CC[C@@H]2OCCN(C(=O)c3ncccc3Br)[C@H]2C1. The van der Waals surface area contributed by atoms with Gasteiger partial charge in [-0.1, -0.05) is 0 Å². The van der Waals surface area contributed by atoms with Crippen LogP contribution in [0.25, 0.3) is 0 Å². The fourth-order valence-corrected chi connectivity index (χ4v) is 3.39. The van der Waals surface area contributed by atoms with Crippen LogP contribution in [-0.2, 0) is 4.74 Å². The smallest absolute Gasteiger partial charge is 0.274 e. The summed E-state index contributed by atoms with van der Waals surface area (Å²) in [7, 11) is 2.09. The molecule has 2 fully saturated rings. The molecular weight excluding hydrogens is 322 g/mol. The van der Waals surface area contributed by atoms with E-state index in [1.54, 1.807) is 6.20 Å². The van der Waals surface area contributed by atoms with Gasteiger partial charge >= 0.3 is 0 Å². The summed E-state index contributed by atoms with van der Waals surface area (Å²) in [6, 6.07) is 3.80. The molecule has 0 bridgehead atoms. The van der Waals surface area contributed by atoms with Crippen LogP contribution in [0.1, 0.15) is 16.9 Å². The zero-order chi connectivity index (χ0) is 14.1. The summed E-state index contributed by atoms with van der Waals surface area (Å²) in [4.78, 5) is 21.1. The maximum atomic E-state index is 12.7. The van der Waals surface area contributed by atoms with Gasteiger partial charge in [-0.05, 0) is 41.5 Å². The number of halogens is 1. The van der Waals surface area contributed by atoms with E-state index in [1.165, 1.54) is 0 Å². The number of nitrogens with zero attached hydrogens (tertiary/aromatic N) is 3. The normalized spacial score (nSPS) is 27.2. The van der Waals surface area contributed by atoms with Gasteiger partial charge in [0.05, 0.1) is 18.8 Å². The van der Waals surface area contributed by atoms with E-state index in [1.807, 2.05) is 17.0 Å². The predicted molar refractivity (Wildman–Crippen MR) is 78.6 cm³/mol. The Kier molecular flexibility index (Phi) is 4.05. The van der Waals surface area contributed by atoms with Gasteiger partial charge in [0, 0.05) is 30.3 Å². The van der Waals surface area contributed by atoms with Crippen molar-refractivity contribution in [3.63, 3.8) is 0 Å². The molecule has 1 amide bonds. The lowest BCUT2D eigenvalue weighted by molar-refractivity contribution is -0.0871. The summed E-state index contributed by atoms with van der Waals surface area (Å²) in [6.07, 6.45) is 2.79. The van der Waals surface area contributed by atoms with Crippen LogP contribution in [0.5, 0.6) is 0 Å². The first kappa shape index (κ1) is 14.0. The molecule has 20 heavy (non-hydrogen) atoms. The minimum Gasteiger partial charge on any atom is -0.374 e. The molecular formula is C14H18BrN3O2. The van der Waals surface area contributed by atoms with Gasteiger partial charge in [-0.25, -0.2) is 4.98 Å². The molecule has 0 spiro atoms. The number of hydrogen-bond donors (Lipinski definition) is 0. The second-order valence-electron chi connectivity index (χ2n) is 5.36. The number of aromatic nitrogens is 1. The number of fused-ring (bicyclic) bond motifs is 1. The highest BCUT2D eigenvalue weighted by Crippen LogP contribution is 2.25. The maximum Gasteiger partial charge on any atom is 0.274 e. The number of carbonyl (C=O) groups is 1. The molecule has 5 nitrogen and oxygen atoms in total. The topological polar surface area (TPSA) is 45.7 Å². The fraction of sp³-hybridized carbons (Fsp3) is 0.571. The Hall–Kier alpha value is -0.980. The van der Waals surface area contributed by atoms with Crippen molar-refractivity contribution in [3.05, 3.63) is 28.5 Å². The van der Waals surface area contributed by atoms with E-state index in [0.717, 1.165) is 24.0 Å². The molecule has 1 aromatic rings. The highest BCUT2D eigenvalue weighted by atomic mass is 79.9. The van der Waals surface area contributed by atoms with Gasteiger partial charge in [0.15, 0.2) is 0 Å². The molecule has 6 heteroatoms. The van der Waals surface area contributed by atoms with Gasteiger partial charge in [-0.15, -0.1) is 0 Å². The summed E-state index contributed by atoms with van der Waals surface area (Å²) < 4.78 is 6.57. The summed E-state index contributed by atoms with van der Waals surface area (Å²) in [5, 5.41) is 0. The number of carbonyl (C=O) groups excluding carboxylic acids is 1. The second-order valence-corrected chi connectivity index (χ2v) is 6.21. The first-order valence-electron chi connectivity index (χ1n) is 6.88. The molecule has 2 aliphatic heterocycles. The number of rotatable bonds is 1. The highest BCUT2D eigenvalue weighted by Gasteiger charge is 2.39. The van der Waals surface area contributed by atoms with Crippen LogP contribution in [0.15, 0.2) is 22.8 Å². The lowest BCUT2D eigenvalue weighted by Crippen LogP contribution is -2.60. The van der Waals surface area contributed by atoms with Crippen LogP contribution in [0, 0.1) is 0 Å². The Morgan fingerprint density at radius 2 is 2.35 bits per heavy atom. The first-order valence-corrected chi connectivity index (χ1v) is 7.68. The maximum absolute atomic E-state index is 12.7. The van der Waals surface area contributed by atoms with E-state index in [4.69, 9.17) is 4.74 Å². The number of ether oxygens (including phenoxy) is 1.